The molecule has 2 aromatic heterocycles. The summed E-state index contributed by atoms with van der Waals surface area (Å²) in [7, 11) is 0. The maximum absolute atomic E-state index is 2.48. The fourth-order valence-corrected chi connectivity index (χ4v) is 9.90. The molecule has 1 aliphatic rings. The van der Waals surface area contributed by atoms with Crippen molar-refractivity contribution in [2.45, 2.75) is 19.3 Å². The van der Waals surface area contributed by atoms with Crippen LogP contribution in [0.3, 0.4) is 0 Å². The predicted octanol–water partition coefficient (Wildman–Crippen LogP) is 15.8. The minimum atomic E-state index is -0.132. The lowest BCUT2D eigenvalue weighted by Crippen LogP contribution is -2.15. The number of para-hydroxylation sites is 2. The predicted molar refractivity (Wildman–Crippen MR) is 261 cm³/mol. The number of nitrogens with zero attached hydrogens (tertiary/aromatic N) is 3. The summed E-state index contributed by atoms with van der Waals surface area (Å²) in [5.74, 6) is 0. The topological polar surface area (TPSA) is 13.1 Å². The zero-order chi connectivity index (χ0) is 41.4. The van der Waals surface area contributed by atoms with Gasteiger partial charge in [0.25, 0.3) is 0 Å². The second kappa shape index (κ2) is 14.1. The fraction of sp³-hybridized carbons (Fsp3) is 0.0508. The Morgan fingerprint density at radius 1 is 0.355 bits per heavy atom. The first-order valence-electron chi connectivity index (χ1n) is 21.5. The molecule has 62 heavy (non-hydrogen) atoms. The van der Waals surface area contributed by atoms with Crippen molar-refractivity contribution in [2.24, 2.45) is 0 Å². The van der Waals surface area contributed by atoms with Gasteiger partial charge in [-0.2, -0.15) is 0 Å². The van der Waals surface area contributed by atoms with Crippen molar-refractivity contribution < 1.29 is 0 Å². The van der Waals surface area contributed by atoms with Gasteiger partial charge in [-0.3, -0.25) is 0 Å². The van der Waals surface area contributed by atoms with E-state index < -0.39 is 0 Å². The molecule has 0 bridgehead atoms. The van der Waals surface area contributed by atoms with Gasteiger partial charge in [-0.15, -0.1) is 0 Å². The zero-order valence-electron chi connectivity index (χ0n) is 34.7. The molecule has 0 radical (unpaired) electrons. The average molecular weight is 794 g/mol. The quantitative estimate of drug-likeness (QED) is 0.157. The second-order valence-electron chi connectivity index (χ2n) is 17.0. The number of hydrogen-bond acceptors (Lipinski definition) is 1. The molecule has 0 aliphatic carbocycles. The Morgan fingerprint density at radius 2 is 0.806 bits per heavy atom. The van der Waals surface area contributed by atoms with Crippen LogP contribution in [0.15, 0.2) is 224 Å². The van der Waals surface area contributed by atoms with Crippen LogP contribution in [0, 0.1) is 0 Å². The summed E-state index contributed by atoms with van der Waals surface area (Å²) in [4.78, 5) is 2.34. The van der Waals surface area contributed by atoms with E-state index in [4.69, 9.17) is 0 Å². The third kappa shape index (κ3) is 5.73. The van der Waals surface area contributed by atoms with Gasteiger partial charge in [-0.1, -0.05) is 159 Å². The van der Waals surface area contributed by atoms with Crippen LogP contribution in [0.2, 0.25) is 0 Å². The third-order valence-corrected chi connectivity index (χ3v) is 13.1. The summed E-state index contributed by atoms with van der Waals surface area (Å²) in [5, 5.41) is 3.83. The largest absolute Gasteiger partial charge is 0.312 e. The Morgan fingerprint density at radius 3 is 1.35 bits per heavy atom. The first kappa shape index (κ1) is 36.0. The first-order valence-corrected chi connectivity index (χ1v) is 21.5. The molecule has 1 aliphatic heterocycles. The van der Waals surface area contributed by atoms with E-state index in [-0.39, 0.29) is 5.41 Å². The minimum absolute atomic E-state index is 0.132. The van der Waals surface area contributed by atoms with Crippen LogP contribution < -0.4 is 4.90 Å². The number of anilines is 3. The van der Waals surface area contributed by atoms with Crippen molar-refractivity contribution in [3.63, 3.8) is 0 Å². The Bertz CT molecular complexity index is 3340. The van der Waals surface area contributed by atoms with Gasteiger partial charge in [0, 0.05) is 50.0 Å². The van der Waals surface area contributed by atoms with Crippen LogP contribution in [0.25, 0.3) is 77.5 Å². The molecular formula is C59H43N3. The monoisotopic (exact) mass is 793 g/mol. The minimum Gasteiger partial charge on any atom is -0.312 e. The number of rotatable bonds is 7. The summed E-state index contributed by atoms with van der Waals surface area (Å²) in [6, 6.07) is 81.9. The summed E-state index contributed by atoms with van der Waals surface area (Å²) in [6.45, 7) is 4.73. The van der Waals surface area contributed by atoms with Crippen LogP contribution in [0.5, 0.6) is 0 Å². The van der Waals surface area contributed by atoms with Crippen molar-refractivity contribution in [3.05, 3.63) is 236 Å². The number of hydrogen-bond donors (Lipinski definition) is 0. The van der Waals surface area contributed by atoms with Crippen molar-refractivity contribution in [1.29, 1.82) is 0 Å². The lowest BCUT2D eigenvalue weighted by Gasteiger charge is -2.26. The van der Waals surface area contributed by atoms with Crippen LogP contribution >= 0.6 is 0 Å². The lowest BCUT2D eigenvalue weighted by molar-refractivity contribution is 0.645. The van der Waals surface area contributed by atoms with E-state index in [1.165, 1.54) is 83.0 Å². The molecule has 0 saturated carbocycles. The molecule has 11 aromatic rings. The van der Waals surface area contributed by atoms with Crippen molar-refractivity contribution >= 4 is 49.8 Å². The van der Waals surface area contributed by atoms with E-state index in [1.54, 1.807) is 0 Å². The number of aromatic nitrogens is 2. The van der Waals surface area contributed by atoms with Gasteiger partial charge in [0.05, 0.1) is 22.2 Å². The summed E-state index contributed by atoms with van der Waals surface area (Å²) >= 11 is 0. The zero-order valence-corrected chi connectivity index (χ0v) is 34.7. The van der Waals surface area contributed by atoms with E-state index in [2.05, 4.69) is 252 Å². The molecule has 12 rings (SSSR count). The molecule has 0 unspecified atom stereocenters. The molecular weight excluding hydrogens is 751 g/mol. The third-order valence-electron chi connectivity index (χ3n) is 13.1. The Hall–Kier alpha value is -7.88. The van der Waals surface area contributed by atoms with Gasteiger partial charge in [0.2, 0.25) is 0 Å². The van der Waals surface area contributed by atoms with Gasteiger partial charge in [-0.25, -0.2) is 0 Å². The van der Waals surface area contributed by atoms with Crippen LogP contribution in [-0.4, -0.2) is 9.13 Å². The molecule has 3 heterocycles. The van der Waals surface area contributed by atoms with Crippen molar-refractivity contribution in [2.75, 3.05) is 4.90 Å². The Kier molecular flexibility index (Phi) is 8.20. The number of fused-ring (bicyclic) bond motifs is 8. The van der Waals surface area contributed by atoms with E-state index in [0.29, 0.717) is 0 Å². The van der Waals surface area contributed by atoms with E-state index in [9.17, 15) is 0 Å². The van der Waals surface area contributed by atoms with Crippen LogP contribution in [-0.2, 0) is 5.41 Å². The molecule has 294 valence electrons. The standard InChI is InChI=1S/C59H43N3/c1-59(2)53-39-56-52(38-57(53)62-54-19-11-9-17-46(54)37-58(59)62)51-18-10-12-20-55(51)61(56)50-35-27-45(28-36-50)44-25-33-49(34-26-44)60(47-29-21-42(22-30-47)40-13-5-3-6-14-40)48-31-23-43(24-32-48)41-15-7-4-8-16-41/h3-39H,1-2H3. The highest BCUT2D eigenvalue weighted by Crippen LogP contribution is 2.49. The summed E-state index contributed by atoms with van der Waals surface area (Å²) in [6.07, 6.45) is 0. The average Bonchev–Trinajstić information content (AvgIpc) is 3.95. The maximum Gasteiger partial charge on any atom is 0.0545 e. The van der Waals surface area contributed by atoms with Gasteiger partial charge in [0.1, 0.15) is 0 Å². The normalized spacial score (nSPS) is 12.8. The molecule has 3 nitrogen and oxygen atoms in total. The first-order chi connectivity index (χ1) is 30.5. The highest BCUT2D eigenvalue weighted by Gasteiger charge is 2.38. The van der Waals surface area contributed by atoms with Crippen molar-refractivity contribution in [3.8, 4) is 44.8 Å². The molecule has 0 saturated heterocycles. The fourth-order valence-electron chi connectivity index (χ4n) is 9.90. The van der Waals surface area contributed by atoms with Crippen molar-refractivity contribution in [1.82, 2.24) is 9.13 Å². The molecule has 0 amide bonds. The van der Waals surface area contributed by atoms with Gasteiger partial charge in [0.15, 0.2) is 0 Å². The highest BCUT2D eigenvalue weighted by molar-refractivity contribution is 6.11. The van der Waals surface area contributed by atoms with Crippen LogP contribution in [0.1, 0.15) is 25.1 Å². The van der Waals surface area contributed by atoms with E-state index in [0.717, 1.165) is 22.7 Å². The van der Waals surface area contributed by atoms with Gasteiger partial charge < -0.3 is 14.0 Å². The molecule has 0 N–H and O–H groups in total. The van der Waals surface area contributed by atoms with Crippen LogP contribution in [0.4, 0.5) is 17.1 Å². The lowest BCUT2D eigenvalue weighted by atomic mass is 9.83. The Balaban J connectivity index is 0.899. The second-order valence-corrected chi connectivity index (χ2v) is 17.0. The summed E-state index contributed by atoms with van der Waals surface area (Å²) < 4.78 is 4.93. The Labute approximate surface area is 362 Å². The molecule has 0 fully saturated rings. The summed E-state index contributed by atoms with van der Waals surface area (Å²) in [5.41, 5.74) is 19.2. The highest BCUT2D eigenvalue weighted by atomic mass is 15.1. The van der Waals surface area contributed by atoms with Gasteiger partial charge >= 0.3 is 0 Å². The van der Waals surface area contributed by atoms with E-state index >= 15 is 0 Å². The molecule has 3 heteroatoms. The molecule has 0 atom stereocenters. The smallest absolute Gasteiger partial charge is 0.0545 e. The number of benzene rings is 9. The van der Waals surface area contributed by atoms with Gasteiger partial charge in [-0.05, 0) is 118 Å². The molecule has 9 aromatic carbocycles. The molecule has 0 spiro atoms. The van der Waals surface area contributed by atoms with E-state index in [1.807, 2.05) is 0 Å². The maximum atomic E-state index is 2.48. The SMILES string of the molecule is CC1(C)c2cc3c(cc2-n2c1cc1ccccc12)c1ccccc1n3-c1ccc(-c2ccc(N(c3ccc(-c4ccccc4)cc3)c3ccc(-c4ccccc4)cc3)cc2)cc1.